The lowest BCUT2D eigenvalue weighted by Gasteiger charge is -2.36. The van der Waals surface area contributed by atoms with Gasteiger partial charge in [-0.1, -0.05) is 0 Å². The van der Waals surface area contributed by atoms with Crippen LogP contribution in [0.1, 0.15) is 25.6 Å². The Kier molecular flexibility index (Phi) is 3.53. The normalized spacial score (nSPS) is 18.9. The van der Waals surface area contributed by atoms with Crippen molar-refractivity contribution in [3.63, 3.8) is 0 Å². The van der Waals surface area contributed by atoms with Crippen LogP contribution in [0, 0.1) is 0 Å². The third-order valence-electron chi connectivity index (χ3n) is 3.76. The summed E-state index contributed by atoms with van der Waals surface area (Å²) in [7, 11) is 0. The zero-order valence-electron chi connectivity index (χ0n) is 10.7. The van der Waals surface area contributed by atoms with E-state index in [1.807, 2.05) is 6.07 Å². The van der Waals surface area contributed by atoms with Gasteiger partial charge in [0, 0.05) is 29.4 Å². The van der Waals surface area contributed by atoms with Crippen molar-refractivity contribution in [2.45, 2.75) is 31.2 Å². The van der Waals surface area contributed by atoms with Crippen LogP contribution in [-0.4, -0.2) is 27.7 Å². The standard InChI is InChI=1S/C13H15BrClN3O/c1-13(2-4-19-5-3-13)18-11(7-15)17-10-6-9(14)8-16-12(10)18/h6,8H,2-5,7H2,1H3. The Balaban J connectivity index is 2.20. The number of alkyl halides is 1. The summed E-state index contributed by atoms with van der Waals surface area (Å²) < 4.78 is 8.60. The average molecular weight is 345 g/mol. The molecule has 0 unspecified atom stereocenters. The van der Waals surface area contributed by atoms with Gasteiger partial charge in [0.15, 0.2) is 5.65 Å². The Bertz CT molecular complexity index is 607. The Labute approximate surface area is 125 Å². The second-order valence-electron chi connectivity index (χ2n) is 5.10. The number of hydrogen-bond acceptors (Lipinski definition) is 3. The number of nitrogens with zero attached hydrogens (tertiary/aromatic N) is 3. The SMILES string of the molecule is CC1(n2c(CCl)nc3cc(Br)cnc32)CCOCC1. The molecule has 0 aliphatic carbocycles. The maximum absolute atomic E-state index is 6.07. The summed E-state index contributed by atoms with van der Waals surface area (Å²) in [6, 6.07) is 1.98. The van der Waals surface area contributed by atoms with Crippen LogP contribution in [-0.2, 0) is 16.2 Å². The molecule has 1 aliphatic rings. The second-order valence-corrected chi connectivity index (χ2v) is 6.29. The van der Waals surface area contributed by atoms with E-state index in [1.165, 1.54) is 0 Å². The van der Waals surface area contributed by atoms with Crippen LogP contribution in [0.5, 0.6) is 0 Å². The van der Waals surface area contributed by atoms with Gasteiger partial charge < -0.3 is 9.30 Å². The Morgan fingerprint density at radius 2 is 2.21 bits per heavy atom. The van der Waals surface area contributed by atoms with Gasteiger partial charge in [0.25, 0.3) is 0 Å². The van der Waals surface area contributed by atoms with Crippen LogP contribution >= 0.6 is 27.5 Å². The molecule has 0 N–H and O–H groups in total. The molecular formula is C13H15BrClN3O. The average Bonchev–Trinajstić information content (AvgIpc) is 2.77. The van der Waals surface area contributed by atoms with E-state index < -0.39 is 0 Å². The van der Waals surface area contributed by atoms with E-state index in [9.17, 15) is 0 Å². The summed E-state index contributed by atoms with van der Waals surface area (Å²) in [6.45, 7) is 3.78. The fourth-order valence-corrected chi connectivity index (χ4v) is 3.18. The number of fused-ring (bicyclic) bond motifs is 1. The lowest BCUT2D eigenvalue weighted by atomic mass is 9.92. The van der Waals surface area contributed by atoms with Gasteiger partial charge in [-0.05, 0) is 41.8 Å². The molecule has 2 aromatic rings. The molecule has 102 valence electrons. The third-order valence-corrected chi connectivity index (χ3v) is 4.44. The molecule has 6 heteroatoms. The molecule has 0 atom stereocenters. The third kappa shape index (κ3) is 2.28. The van der Waals surface area contributed by atoms with Crippen LogP contribution in [0.3, 0.4) is 0 Å². The molecule has 1 aliphatic heterocycles. The summed E-state index contributed by atoms with van der Waals surface area (Å²) in [5, 5.41) is 0. The highest BCUT2D eigenvalue weighted by atomic mass is 79.9. The first kappa shape index (κ1) is 13.3. The number of hydrogen-bond donors (Lipinski definition) is 0. The van der Waals surface area contributed by atoms with Gasteiger partial charge in [-0.25, -0.2) is 9.97 Å². The van der Waals surface area contributed by atoms with Crippen LogP contribution in [0.2, 0.25) is 0 Å². The zero-order chi connectivity index (χ0) is 13.5. The number of halogens is 2. The highest BCUT2D eigenvalue weighted by Crippen LogP contribution is 2.34. The van der Waals surface area contributed by atoms with Crippen molar-refractivity contribution in [1.29, 1.82) is 0 Å². The number of rotatable bonds is 2. The molecular weight excluding hydrogens is 330 g/mol. The first-order valence-electron chi connectivity index (χ1n) is 6.31. The van der Waals surface area contributed by atoms with Gasteiger partial charge >= 0.3 is 0 Å². The Morgan fingerprint density at radius 3 is 2.89 bits per heavy atom. The minimum absolute atomic E-state index is 0.0158. The smallest absolute Gasteiger partial charge is 0.160 e. The van der Waals surface area contributed by atoms with E-state index in [2.05, 4.69) is 37.4 Å². The molecule has 3 rings (SSSR count). The molecule has 1 saturated heterocycles. The van der Waals surface area contributed by atoms with Crippen molar-refractivity contribution < 1.29 is 4.74 Å². The summed E-state index contributed by atoms with van der Waals surface area (Å²) >= 11 is 9.50. The van der Waals surface area contributed by atoms with Crippen molar-refractivity contribution in [2.75, 3.05) is 13.2 Å². The fraction of sp³-hybridized carbons (Fsp3) is 0.538. The minimum Gasteiger partial charge on any atom is -0.381 e. The van der Waals surface area contributed by atoms with Crippen LogP contribution in [0.15, 0.2) is 16.7 Å². The van der Waals surface area contributed by atoms with Gasteiger partial charge in [0.2, 0.25) is 0 Å². The van der Waals surface area contributed by atoms with Crippen LogP contribution in [0.25, 0.3) is 11.2 Å². The number of pyridine rings is 1. The molecule has 4 nitrogen and oxygen atoms in total. The van der Waals surface area contributed by atoms with E-state index in [0.717, 1.165) is 47.5 Å². The fourth-order valence-electron chi connectivity index (χ4n) is 2.68. The first-order valence-corrected chi connectivity index (χ1v) is 7.64. The summed E-state index contributed by atoms with van der Waals surface area (Å²) in [6.07, 6.45) is 3.72. The topological polar surface area (TPSA) is 39.9 Å². The molecule has 0 radical (unpaired) electrons. The van der Waals surface area contributed by atoms with Crippen molar-refractivity contribution >= 4 is 38.7 Å². The minimum atomic E-state index is -0.0158. The summed E-state index contributed by atoms with van der Waals surface area (Å²) in [5.41, 5.74) is 1.78. The molecule has 1 fully saturated rings. The second kappa shape index (κ2) is 5.04. The van der Waals surface area contributed by atoms with Gasteiger partial charge in [-0.2, -0.15) is 0 Å². The lowest BCUT2D eigenvalue weighted by Crippen LogP contribution is -2.37. The van der Waals surface area contributed by atoms with Gasteiger partial charge in [-0.15, -0.1) is 11.6 Å². The van der Waals surface area contributed by atoms with Crippen molar-refractivity contribution in [3.05, 3.63) is 22.6 Å². The van der Waals surface area contributed by atoms with Crippen molar-refractivity contribution in [1.82, 2.24) is 14.5 Å². The summed E-state index contributed by atoms with van der Waals surface area (Å²) in [5.74, 6) is 1.27. The predicted molar refractivity (Wildman–Crippen MR) is 78.5 cm³/mol. The monoisotopic (exact) mass is 343 g/mol. The summed E-state index contributed by atoms with van der Waals surface area (Å²) in [4.78, 5) is 9.13. The largest absolute Gasteiger partial charge is 0.381 e. The number of aromatic nitrogens is 3. The van der Waals surface area contributed by atoms with E-state index in [4.69, 9.17) is 16.3 Å². The molecule has 2 aromatic heterocycles. The number of imidazole rings is 1. The lowest BCUT2D eigenvalue weighted by molar-refractivity contribution is 0.0300. The number of ether oxygens (including phenoxy) is 1. The van der Waals surface area contributed by atoms with Gasteiger partial charge in [-0.3, -0.25) is 0 Å². The Hall–Kier alpha value is -0.650. The molecule has 0 aromatic carbocycles. The molecule has 3 heterocycles. The maximum atomic E-state index is 6.07. The molecule has 0 amide bonds. The highest BCUT2D eigenvalue weighted by Gasteiger charge is 2.33. The van der Waals surface area contributed by atoms with Crippen LogP contribution in [0.4, 0.5) is 0 Å². The van der Waals surface area contributed by atoms with E-state index in [0.29, 0.717) is 5.88 Å². The van der Waals surface area contributed by atoms with Crippen LogP contribution < -0.4 is 0 Å². The maximum Gasteiger partial charge on any atom is 0.160 e. The molecule has 19 heavy (non-hydrogen) atoms. The van der Waals surface area contributed by atoms with Crippen molar-refractivity contribution in [3.8, 4) is 0 Å². The molecule has 0 saturated carbocycles. The zero-order valence-corrected chi connectivity index (χ0v) is 13.0. The predicted octanol–water partition coefficient (Wildman–Crippen LogP) is 3.46. The quantitative estimate of drug-likeness (QED) is 0.783. The molecule has 0 bridgehead atoms. The van der Waals surface area contributed by atoms with E-state index in [-0.39, 0.29) is 5.54 Å². The highest BCUT2D eigenvalue weighted by molar-refractivity contribution is 9.10. The molecule has 0 spiro atoms. The van der Waals surface area contributed by atoms with Gasteiger partial charge in [0.1, 0.15) is 11.3 Å². The Morgan fingerprint density at radius 1 is 1.47 bits per heavy atom. The van der Waals surface area contributed by atoms with Crippen molar-refractivity contribution in [2.24, 2.45) is 0 Å². The van der Waals surface area contributed by atoms with E-state index >= 15 is 0 Å². The van der Waals surface area contributed by atoms with E-state index in [1.54, 1.807) is 6.20 Å². The first-order chi connectivity index (χ1) is 9.14. The van der Waals surface area contributed by atoms with Gasteiger partial charge in [0.05, 0.1) is 5.88 Å².